The molecule has 1 aliphatic heterocycles. The van der Waals surface area contributed by atoms with Crippen molar-refractivity contribution >= 4 is 27.0 Å². The third-order valence-corrected chi connectivity index (χ3v) is 7.72. The summed E-state index contributed by atoms with van der Waals surface area (Å²) in [4.78, 5) is 17.5. The molecule has 1 amide bonds. The molecule has 1 aliphatic rings. The van der Waals surface area contributed by atoms with Crippen molar-refractivity contribution in [2.45, 2.75) is 44.2 Å². The molecule has 0 saturated heterocycles. The van der Waals surface area contributed by atoms with E-state index in [1.54, 1.807) is 18.2 Å². The number of nitrogens with zero attached hydrogens (tertiary/aromatic N) is 3. The van der Waals surface area contributed by atoms with Gasteiger partial charge in [0.05, 0.1) is 22.0 Å². The van der Waals surface area contributed by atoms with Gasteiger partial charge in [-0.1, -0.05) is 6.07 Å². The minimum absolute atomic E-state index is 0.0898. The maximum atomic E-state index is 12.7. The van der Waals surface area contributed by atoms with Crippen molar-refractivity contribution in [1.82, 2.24) is 19.2 Å². The Balaban J connectivity index is 1.45. The Labute approximate surface area is 199 Å². The second kappa shape index (κ2) is 9.63. The largest absolute Gasteiger partial charge is 0.486 e. The molecule has 1 unspecified atom stereocenters. The van der Waals surface area contributed by atoms with Crippen LogP contribution in [0.5, 0.6) is 11.5 Å². The van der Waals surface area contributed by atoms with Gasteiger partial charge in [-0.2, -0.15) is 0 Å². The molecule has 0 fully saturated rings. The number of carbonyl (C=O) groups excluding carboxylic acids is 1. The zero-order valence-electron chi connectivity index (χ0n) is 19.9. The van der Waals surface area contributed by atoms with E-state index >= 15 is 0 Å². The van der Waals surface area contributed by atoms with E-state index in [1.165, 1.54) is 18.4 Å². The zero-order chi connectivity index (χ0) is 24.5. The van der Waals surface area contributed by atoms with Crippen molar-refractivity contribution in [3.05, 3.63) is 47.8 Å². The fraction of sp³-hybridized carbons (Fsp3) is 0.417. The van der Waals surface area contributed by atoms with E-state index < -0.39 is 10.0 Å². The van der Waals surface area contributed by atoms with E-state index in [-0.39, 0.29) is 23.3 Å². The molecule has 10 heteroatoms. The Morgan fingerprint density at radius 2 is 1.88 bits per heavy atom. The van der Waals surface area contributed by atoms with Gasteiger partial charge in [-0.05, 0) is 49.7 Å². The molecule has 1 atom stereocenters. The van der Waals surface area contributed by atoms with Crippen LogP contribution in [-0.2, 0) is 27.8 Å². The number of nitrogens with one attached hydrogen (secondary N) is 1. The Morgan fingerprint density at radius 3 is 2.59 bits per heavy atom. The summed E-state index contributed by atoms with van der Waals surface area (Å²) in [5.74, 6) is 2.07. The van der Waals surface area contributed by atoms with Gasteiger partial charge in [0, 0.05) is 33.5 Å². The van der Waals surface area contributed by atoms with E-state index in [1.807, 2.05) is 36.6 Å². The molecule has 1 N–H and O–H groups in total. The van der Waals surface area contributed by atoms with Crippen molar-refractivity contribution in [3.63, 3.8) is 0 Å². The number of aromatic nitrogens is 2. The number of benzene rings is 2. The third kappa shape index (κ3) is 4.74. The van der Waals surface area contributed by atoms with Gasteiger partial charge in [-0.25, -0.2) is 17.7 Å². The molecular weight excluding hydrogens is 456 g/mol. The maximum Gasteiger partial charge on any atom is 0.242 e. The molecule has 34 heavy (non-hydrogen) atoms. The summed E-state index contributed by atoms with van der Waals surface area (Å²) in [7, 11) is -0.547. The van der Waals surface area contributed by atoms with Crippen LogP contribution in [0.4, 0.5) is 0 Å². The Bertz CT molecular complexity index is 1320. The van der Waals surface area contributed by atoms with Crippen molar-refractivity contribution in [2.24, 2.45) is 0 Å². The Hall–Kier alpha value is -3.11. The predicted octanol–water partition coefficient (Wildman–Crippen LogP) is 2.89. The normalized spacial score (nSPS) is 14.4. The molecule has 2 aromatic carbocycles. The number of imidazole rings is 1. The number of sulfonamides is 1. The number of rotatable bonds is 8. The molecule has 0 bridgehead atoms. The summed E-state index contributed by atoms with van der Waals surface area (Å²) in [6, 6.07) is 10.5. The van der Waals surface area contributed by atoms with Gasteiger partial charge in [0.15, 0.2) is 11.5 Å². The van der Waals surface area contributed by atoms with Crippen LogP contribution in [0.25, 0.3) is 11.0 Å². The maximum absolute atomic E-state index is 12.7. The molecule has 3 aromatic rings. The highest BCUT2D eigenvalue weighted by molar-refractivity contribution is 7.89. The number of carbonyl (C=O) groups is 1. The molecule has 4 rings (SSSR count). The number of hydrogen-bond donors (Lipinski definition) is 1. The second-order valence-corrected chi connectivity index (χ2v) is 10.6. The van der Waals surface area contributed by atoms with Crippen LogP contribution in [0.1, 0.15) is 37.7 Å². The monoisotopic (exact) mass is 486 g/mol. The molecule has 0 spiro atoms. The lowest BCUT2D eigenvalue weighted by molar-refractivity contribution is -0.121. The first-order chi connectivity index (χ1) is 16.2. The van der Waals surface area contributed by atoms with Gasteiger partial charge >= 0.3 is 0 Å². The number of ether oxygens (including phenoxy) is 2. The topological polar surface area (TPSA) is 103 Å². The summed E-state index contributed by atoms with van der Waals surface area (Å²) in [6.45, 7) is 5.64. The lowest BCUT2D eigenvalue weighted by Crippen LogP contribution is -2.27. The first kappa shape index (κ1) is 24.0. The van der Waals surface area contributed by atoms with Crippen LogP contribution < -0.4 is 14.8 Å². The number of aryl methyl sites for hydroxylation is 2. The minimum Gasteiger partial charge on any atom is -0.486 e. The lowest BCUT2D eigenvalue weighted by Gasteiger charge is -2.21. The molecule has 0 aliphatic carbocycles. The average molecular weight is 487 g/mol. The Morgan fingerprint density at radius 1 is 1.15 bits per heavy atom. The summed E-state index contributed by atoms with van der Waals surface area (Å²) < 4.78 is 39.3. The van der Waals surface area contributed by atoms with Crippen molar-refractivity contribution in [3.8, 4) is 11.5 Å². The standard InChI is InChI=1S/C24H30N4O5S/c1-5-28-20-8-7-18(34(30,31)27(3)4)15-19(20)26-23(28)10-11-24(29)25-16(2)17-6-9-21-22(14-17)33-13-12-32-21/h6-9,14-16H,5,10-13H2,1-4H3,(H,25,29). The van der Waals surface area contributed by atoms with Crippen LogP contribution in [0.2, 0.25) is 0 Å². The highest BCUT2D eigenvalue weighted by Crippen LogP contribution is 2.32. The van der Waals surface area contributed by atoms with E-state index in [4.69, 9.17) is 9.47 Å². The van der Waals surface area contributed by atoms with Gasteiger partial charge in [0.2, 0.25) is 15.9 Å². The van der Waals surface area contributed by atoms with E-state index in [2.05, 4.69) is 10.3 Å². The van der Waals surface area contributed by atoms with Crippen molar-refractivity contribution in [1.29, 1.82) is 0 Å². The van der Waals surface area contributed by atoms with Crippen LogP contribution in [0, 0.1) is 0 Å². The molecule has 0 radical (unpaired) electrons. The van der Waals surface area contributed by atoms with Gasteiger partial charge in [0.1, 0.15) is 19.0 Å². The second-order valence-electron chi connectivity index (χ2n) is 8.40. The first-order valence-electron chi connectivity index (χ1n) is 11.3. The molecule has 9 nitrogen and oxygen atoms in total. The van der Waals surface area contributed by atoms with Crippen molar-refractivity contribution < 1.29 is 22.7 Å². The van der Waals surface area contributed by atoms with Crippen LogP contribution >= 0.6 is 0 Å². The number of fused-ring (bicyclic) bond motifs is 2. The zero-order valence-corrected chi connectivity index (χ0v) is 20.7. The van der Waals surface area contributed by atoms with Gasteiger partial charge < -0.3 is 19.4 Å². The third-order valence-electron chi connectivity index (χ3n) is 5.91. The van der Waals surface area contributed by atoms with E-state index in [9.17, 15) is 13.2 Å². The molecular formula is C24H30N4O5S. The van der Waals surface area contributed by atoms with Crippen LogP contribution in [0.3, 0.4) is 0 Å². The van der Waals surface area contributed by atoms with Gasteiger partial charge in [-0.3, -0.25) is 4.79 Å². The smallest absolute Gasteiger partial charge is 0.242 e. The van der Waals surface area contributed by atoms with E-state index in [0.29, 0.717) is 43.2 Å². The Kier molecular flexibility index (Phi) is 6.81. The highest BCUT2D eigenvalue weighted by atomic mass is 32.2. The number of hydrogen-bond acceptors (Lipinski definition) is 6. The highest BCUT2D eigenvalue weighted by Gasteiger charge is 2.20. The average Bonchev–Trinajstić information content (AvgIpc) is 3.19. The van der Waals surface area contributed by atoms with Gasteiger partial charge in [-0.15, -0.1) is 0 Å². The van der Waals surface area contributed by atoms with Crippen molar-refractivity contribution in [2.75, 3.05) is 27.3 Å². The molecule has 1 aromatic heterocycles. The predicted molar refractivity (Wildman–Crippen MR) is 129 cm³/mol. The summed E-state index contributed by atoms with van der Waals surface area (Å²) >= 11 is 0. The van der Waals surface area contributed by atoms with E-state index in [0.717, 1.165) is 16.9 Å². The summed E-state index contributed by atoms with van der Waals surface area (Å²) in [5, 5.41) is 3.03. The number of amides is 1. The van der Waals surface area contributed by atoms with Crippen LogP contribution in [0.15, 0.2) is 41.3 Å². The molecule has 182 valence electrons. The van der Waals surface area contributed by atoms with Crippen LogP contribution in [-0.4, -0.2) is 55.5 Å². The lowest BCUT2D eigenvalue weighted by atomic mass is 10.1. The summed E-state index contributed by atoms with van der Waals surface area (Å²) in [6.07, 6.45) is 0.707. The quantitative estimate of drug-likeness (QED) is 0.525. The fourth-order valence-electron chi connectivity index (χ4n) is 4.03. The fourth-order valence-corrected chi connectivity index (χ4v) is 4.95. The molecule has 0 saturated carbocycles. The van der Waals surface area contributed by atoms with Gasteiger partial charge in [0.25, 0.3) is 0 Å². The first-order valence-corrected chi connectivity index (χ1v) is 12.7. The summed E-state index contributed by atoms with van der Waals surface area (Å²) in [5.41, 5.74) is 2.39. The molecule has 2 heterocycles. The SMILES string of the molecule is CCn1c(CCC(=O)NC(C)c2ccc3c(c2)OCCO3)nc2cc(S(=O)(=O)N(C)C)ccc21. The minimum atomic E-state index is -3.55.